The van der Waals surface area contributed by atoms with Crippen molar-refractivity contribution in [3.8, 4) is 0 Å². The number of hydrogen-bond acceptors (Lipinski definition) is 15. The van der Waals surface area contributed by atoms with Crippen LogP contribution < -0.4 is 0 Å². The number of aliphatic hydroxyl groups is 1. The molecule has 0 amide bonds. The molecule has 2 unspecified atom stereocenters. The molecule has 5 atom stereocenters. The molecule has 0 radical (unpaired) electrons. The van der Waals surface area contributed by atoms with Crippen LogP contribution in [0.5, 0.6) is 0 Å². The molecular formula is C85H148O17P2. The topological polar surface area (TPSA) is 237 Å². The molecular weight excluding hydrogens is 1350 g/mol. The smallest absolute Gasteiger partial charge is 0.462 e. The van der Waals surface area contributed by atoms with Gasteiger partial charge in [-0.2, -0.15) is 0 Å². The van der Waals surface area contributed by atoms with Crippen LogP contribution in [0.15, 0.2) is 109 Å². The SMILES string of the molecule is CC/C=C\C/C=C\C/C=C\C/C=C\C/C=C\CCCCCC(=O)OC[C@H](COP(=O)(O)OC[C@@H](O)COP(=O)(O)OC[C@@H](COC(=O)CCCCCCC/C=C\C/C=C\CCCCC)OC(=O)CCCCCCCCC/C=C\CCCCCC)OC(=O)CCCCCCC/C=C\CCCCCCCC. The summed E-state index contributed by atoms with van der Waals surface area (Å²) in [4.78, 5) is 73.1. The third kappa shape index (κ3) is 75.9. The van der Waals surface area contributed by atoms with Gasteiger partial charge in [0.15, 0.2) is 12.2 Å². The van der Waals surface area contributed by atoms with E-state index in [-0.39, 0.29) is 25.7 Å². The van der Waals surface area contributed by atoms with E-state index in [2.05, 4.69) is 137 Å². The van der Waals surface area contributed by atoms with E-state index in [1.165, 1.54) is 83.5 Å². The van der Waals surface area contributed by atoms with Gasteiger partial charge in [-0.3, -0.25) is 37.3 Å². The highest BCUT2D eigenvalue weighted by Gasteiger charge is 2.30. The second-order valence-corrected chi connectivity index (χ2v) is 30.2. The van der Waals surface area contributed by atoms with Crippen molar-refractivity contribution in [2.75, 3.05) is 39.6 Å². The van der Waals surface area contributed by atoms with Gasteiger partial charge in [-0.25, -0.2) is 9.13 Å². The Morgan fingerprint density at radius 2 is 0.500 bits per heavy atom. The second-order valence-electron chi connectivity index (χ2n) is 27.3. The molecule has 0 aromatic rings. The van der Waals surface area contributed by atoms with E-state index in [4.69, 9.17) is 37.0 Å². The van der Waals surface area contributed by atoms with Crippen molar-refractivity contribution in [3.63, 3.8) is 0 Å². The summed E-state index contributed by atoms with van der Waals surface area (Å²) in [5.41, 5.74) is 0. The predicted octanol–water partition coefficient (Wildman–Crippen LogP) is 24.1. The normalized spacial score (nSPS) is 14.4. The maximum Gasteiger partial charge on any atom is 0.472 e. The molecule has 3 N–H and O–H groups in total. The molecule has 0 heterocycles. The Morgan fingerprint density at radius 1 is 0.279 bits per heavy atom. The average molecular weight is 1500 g/mol. The first-order valence-corrected chi connectivity index (χ1v) is 44.1. The van der Waals surface area contributed by atoms with Gasteiger partial charge in [-0.1, -0.05) is 278 Å². The van der Waals surface area contributed by atoms with Crippen LogP contribution in [-0.4, -0.2) is 96.7 Å². The van der Waals surface area contributed by atoms with Crippen LogP contribution in [0, 0.1) is 0 Å². The maximum atomic E-state index is 13.1. The number of esters is 4. The van der Waals surface area contributed by atoms with Gasteiger partial charge < -0.3 is 33.8 Å². The van der Waals surface area contributed by atoms with Crippen LogP contribution in [0.25, 0.3) is 0 Å². The molecule has 0 aliphatic carbocycles. The summed E-state index contributed by atoms with van der Waals surface area (Å²) >= 11 is 0. The van der Waals surface area contributed by atoms with E-state index in [0.717, 1.165) is 186 Å². The first-order valence-electron chi connectivity index (χ1n) is 41.1. The molecule has 0 fully saturated rings. The molecule has 19 heteroatoms. The van der Waals surface area contributed by atoms with E-state index in [0.29, 0.717) is 25.7 Å². The average Bonchev–Trinajstić information content (AvgIpc) is 0.918. The Labute approximate surface area is 632 Å². The molecule has 104 heavy (non-hydrogen) atoms. The molecule has 0 aliphatic heterocycles. The lowest BCUT2D eigenvalue weighted by atomic mass is 10.1. The first-order chi connectivity index (χ1) is 50.7. The Balaban J connectivity index is 5.40. The molecule has 0 aromatic heterocycles. The van der Waals surface area contributed by atoms with Crippen molar-refractivity contribution in [3.05, 3.63) is 109 Å². The summed E-state index contributed by atoms with van der Waals surface area (Å²) < 4.78 is 68.7. The van der Waals surface area contributed by atoms with Crippen molar-refractivity contribution in [1.29, 1.82) is 0 Å². The molecule has 0 rings (SSSR count). The lowest BCUT2D eigenvalue weighted by Crippen LogP contribution is -2.30. The van der Waals surface area contributed by atoms with Gasteiger partial charge in [0.1, 0.15) is 19.3 Å². The third-order valence-corrected chi connectivity index (χ3v) is 19.1. The molecule has 0 saturated carbocycles. The molecule has 0 aromatic carbocycles. The van der Waals surface area contributed by atoms with E-state index >= 15 is 0 Å². The minimum Gasteiger partial charge on any atom is -0.462 e. The van der Waals surface area contributed by atoms with Crippen molar-refractivity contribution in [2.45, 2.75) is 367 Å². The summed E-state index contributed by atoms with van der Waals surface area (Å²) in [5, 5.41) is 10.7. The number of carbonyl (C=O) groups is 4. The van der Waals surface area contributed by atoms with Gasteiger partial charge in [0.2, 0.25) is 0 Å². The minimum atomic E-state index is -4.99. The highest BCUT2D eigenvalue weighted by molar-refractivity contribution is 7.47. The number of hydrogen-bond donors (Lipinski definition) is 3. The zero-order valence-electron chi connectivity index (χ0n) is 65.7. The van der Waals surface area contributed by atoms with Gasteiger partial charge in [-0.05, 0) is 154 Å². The van der Waals surface area contributed by atoms with Gasteiger partial charge >= 0.3 is 39.5 Å². The zero-order chi connectivity index (χ0) is 76.0. The van der Waals surface area contributed by atoms with Crippen molar-refractivity contribution in [1.82, 2.24) is 0 Å². The van der Waals surface area contributed by atoms with Crippen molar-refractivity contribution < 1.29 is 80.2 Å². The predicted molar refractivity (Wildman–Crippen MR) is 427 cm³/mol. The van der Waals surface area contributed by atoms with Gasteiger partial charge in [0.05, 0.1) is 26.4 Å². The van der Waals surface area contributed by atoms with Crippen molar-refractivity contribution >= 4 is 39.5 Å². The highest BCUT2D eigenvalue weighted by atomic mass is 31.2. The number of phosphoric acid groups is 2. The molecule has 600 valence electrons. The van der Waals surface area contributed by atoms with Crippen LogP contribution in [0.1, 0.15) is 349 Å². The molecule has 17 nitrogen and oxygen atoms in total. The summed E-state index contributed by atoms with van der Waals surface area (Å²) in [5.74, 6) is -2.23. The number of carbonyl (C=O) groups excluding carboxylic acids is 4. The largest absolute Gasteiger partial charge is 0.472 e. The number of phosphoric ester groups is 2. The summed E-state index contributed by atoms with van der Waals surface area (Å²) in [6.07, 6.45) is 83.4. The third-order valence-electron chi connectivity index (χ3n) is 17.2. The fourth-order valence-corrected chi connectivity index (χ4v) is 12.5. The highest BCUT2D eigenvalue weighted by Crippen LogP contribution is 2.45. The molecule has 0 bridgehead atoms. The number of aliphatic hydroxyl groups excluding tert-OH is 1. The van der Waals surface area contributed by atoms with Crippen LogP contribution in [0.2, 0.25) is 0 Å². The van der Waals surface area contributed by atoms with E-state index in [9.17, 15) is 43.2 Å². The first kappa shape index (κ1) is 99.7. The number of allylic oxidation sites excluding steroid dienone is 18. The van der Waals surface area contributed by atoms with E-state index in [1.54, 1.807) is 0 Å². The Morgan fingerprint density at radius 3 is 0.817 bits per heavy atom. The number of ether oxygens (including phenoxy) is 4. The molecule has 0 spiro atoms. The Hall–Kier alpha value is -4.28. The summed E-state index contributed by atoms with van der Waals surface area (Å²) in [6.45, 7) is 4.69. The minimum absolute atomic E-state index is 0.0766. The lowest BCUT2D eigenvalue weighted by molar-refractivity contribution is -0.161. The van der Waals surface area contributed by atoms with Crippen LogP contribution in [0.4, 0.5) is 0 Å². The summed E-state index contributed by atoms with van der Waals surface area (Å²) in [6, 6.07) is 0. The van der Waals surface area contributed by atoms with Crippen molar-refractivity contribution in [2.24, 2.45) is 0 Å². The van der Waals surface area contributed by atoms with E-state index in [1.807, 2.05) is 0 Å². The zero-order valence-corrected chi connectivity index (χ0v) is 67.5. The van der Waals surface area contributed by atoms with Crippen LogP contribution >= 0.6 is 15.6 Å². The van der Waals surface area contributed by atoms with Crippen LogP contribution in [0.3, 0.4) is 0 Å². The maximum absolute atomic E-state index is 13.1. The van der Waals surface area contributed by atoms with Gasteiger partial charge in [0.25, 0.3) is 0 Å². The van der Waals surface area contributed by atoms with Crippen LogP contribution in [-0.2, 0) is 65.4 Å². The fourth-order valence-electron chi connectivity index (χ4n) is 10.9. The van der Waals surface area contributed by atoms with E-state index < -0.39 is 97.5 Å². The monoisotopic (exact) mass is 1500 g/mol. The Kier molecular flexibility index (Phi) is 73.7. The molecule has 0 saturated heterocycles. The summed E-state index contributed by atoms with van der Waals surface area (Å²) in [7, 11) is -9.97. The van der Waals surface area contributed by atoms with Gasteiger partial charge in [-0.15, -0.1) is 0 Å². The quantitative estimate of drug-likeness (QED) is 0.0169. The lowest BCUT2D eigenvalue weighted by Gasteiger charge is -2.21. The number of unbranched alkanes of at least 4 members (excludes halogenated alkanes) is 33. The molecule has 0 aliphatic rings. The second kappa shape index (κ2) is 76.9. The van der Waals surface area contributed by atoms with Gasteiger partial charge in [0, 0.05) is 25.7 Å². The standard InChI is InChI=1S/C85H148O17P2/c1-5-9-13-17-21-25-29-33-37-38-39-40-44-46-50-54-58-62-66-70-83(88)96-76-81(102-85(90)72-68-64-60-56-52-48-43-36-32-28-24-20-16-12-8-4)78-100-104(93,94)98-74-79(86)73-97-103(91,92)99-77-80(101-84(89)71-67-63-59-55-51-47-42-35-31-27-23-19-15-11-7-3)75-95-82(87)69-65-61-57-53-49-45-41-34-30-26-22-18-14-10-6-2/h9,13,21-22,25-27,31,33-34,36-37,39-41,43,46,50,79-81,86H,5-8,10-12,14-20,23-24,28-30,32,35,38,42,44-45,47-49,51-78H2,1-4H3,(H,91,92)(H,93,94)/b13-9-,25-21-,26-22-,31-27-,37-33-,40-39-,41-34-,43-36-,50-46-/t79-,80+,81+/m0/s1. The Bertz CT molecular complexity index is 2390. The number of rotatable bonds is 77. The fraction of sp³-hybridized carbons (Fsp3) is 0.741.